The second kappa shape index (κ2) is 5.85. The second-order valence-electron chi connectivity index (χ2n) is 7.70. The average Bonchev–Trinajstić information content (AvgIpc) is 2.59. The third kappa shape index (κ3) is 2.09. The van der Waals surface area contributed by atoms with Crippen molar-refractivity contribution in [2.24, 2.45) is 11.8 Å². The first kappa shape index (κ1) is 16.1. The Labute approximate surface area is 143 Å². The fraction of sp³-hybridized carbons (Fsp3) is 0.650. The third-order valence-electron chi connectivity index (χ3n) is 6.90. The summed E-state index contributed by atoms with van der Waals surface area (Å²) >= 11 is 0. The van der Waals surface area contributed by atoms with Crippen LogP contribution < -0.4 is 0 Å². The van der Waals surface area contributed by atoms with Crippen LogP contribution in [-0.4, -0.2) is 48.3 Å². The lowest BCUT2D eigenvalue weighted by Crippen LogP contribution is -2.69. The molecule has 2 aliphatic carbocycles. The van der Waals surface area contributed by atoms with Crippen LogP contribution in [0.1, 0.15) is 37.3 Å². The Morgan fingerprint density at radius 1 is 1.38 bits per heavy atom. The SMILES string of the molecule is CCOC(=O)C1CC2C3Cc4ccccc4[C@@]2(CCO)CC1N3C. The Morgan fingerprint density at radius 2 is 2.17 bits per heavy atom. The second-order valence-corrected chi connectivity index (χ2v) is 7.70. The summed E-state index contributed by atoms with van der Waals surface area (Å²) in [6, 6.07) is 9.42. The quantitative estimate of drug-likeness (QED) is 0.860. The molecule has 5 rings (SSSR count). The Hall–Kier alpha value is -1.39. The molecule has 4 unspecified atom stereocenters. The first-order chi connectivity index (χ1) is 11.6. The van der Waals surface area contributed by atoms with Gasteiger partial charge in [0.15, 0.2) is 0 Å². The summed E-state index contributed by atoms with van der Waals surface area (Å²) in [5.74, 6) is 0.362. The summed E-state index contributed by atoms with van der Waals surface area (Å²) in [5, 5.41) is 9.80. The molecule has 0 aromatic heterocycles. The van der Waals surface area contributed by atoms with Crippen molar-refractivity contribution in [1.82, 2.24) is 4.90 Å². The van der Waals surface area contributed by atoms with E-state index in [-0.39, 0.29) is 30.0 Å². The van der Waals surface area contributed by atoms with Gasteiger partial charge in [0, 0.05) is 24.1 Å². The Balaban J connectivity index is 1.77. The van der Waals surface area contributed by atoms with Gasteiger partial charge in [-0.25, -0.2) is 0 Å². The highest BCUT2D eigenvalue weighted by Crippen LogP contribution is 2.59. The molecule has 0 amide bonds. The van der Waals surface area contributed by atoms with Crippen LogP contribution in [-0.2, 0) is 21.4 Å². The Morgan fingerprint density at radius 3 is 2.92 bits per heavy atom. The number of carbonyl (C=O) groups excluding carboxylic acids is 1. The number of ether oxygens (including phenoxy) is 1. The zero-order valence-electron chi connectivity index (χ0n) is 14.6. The lowest BCUT2D eigenvalue weighted by atomic mass is 9.48. The van der Waals surface area contributed by atoms with Crippen LogP contribution in [0.15, 0.2) is 24.3 Å². The minimum atomic E-state index is -0.0377. The van der Waals surface area contributed by atoms with Gasteiger partial charge in [-0.2, -0.15) is 0 Å². The molecule has 1 N–H and O–H groups in total. The largest absolute Gasteiger partial charge is 0.466 e. The highest BCUT2D eigenvalue weighted by Gasteiger charge is 2.61. The molecule has 3 fully saturated rings. The first-order valence-corrected chi connectivity index (χ1v) is 9.20. The number of carbonyl (C=O) groups is 1. The molecular formula is C20H27NO3. The molecule has 2 heterocycles. The number of nitrogens with zero attached hydrogens (tertiary/aromatic N) is 1. The number of piperidine rings is 2. The molecule has 5 atom stereocenters. The first-order valence-electron chi connectivity index (χ1n) is 9.20. The van der Waals surface area contributed by atoms with Crippen LogP contribution in [0.5, 0.6) is 0 Å². The van der Waals surface area contributed by atoms with Gasteiger partial charge in [-0.1, -0.05) is 24.3 Å². The summed E-state index contributed by atoms with van der Waals surface area (Å²) in [7, 11) is 2.17. The lowest BCUT2D eigenvalue weighted by molar-refractivity contribution is -0.165. The van der Waals surface area contributed by atoms with E-state index in [1.165, 1.54) is 11.1 Å². The maximum absolute atomic E-state index is 12.5. The fourth-order valence-electron chi connectivity index (χ4n) is 5.94. The summed E-state index contributed by atoms with van der Waals surface area (Å²) in [6.45, 7) is 2.53. The molecular weight excluding hydrogens is 302 g/mol. The van der Waals surface area contributed by atoms with Crippen LogP contribution in [0.2, 0.25) is 0 Å². The van der Waals surface area contributed by atoms with E-state index in [1.54, 1.807) is 0 Å². The molecule has 0 spiro atoms. The minimum absolute atomic E-state index is 0.0201. The minimum Gasteiger partial charge on any atom is -0.466 e. The molecule has 1 aromatic rings. The Bertz CT molecular complexity index is 646. The molecule has 24 heavy (non-hydrogen) atoms. The van der Waals surface area contributed by atoms with Gasteiger partial charge < -0.3 is 9.84 Å². The highest BCUT2D eigenvalue weighted by molar-refractivity contribution is 5.74. The van der Waals surface area contributed by atoms with Gasteiger partial charge in [0.25, 0.3) is 0 Å². The van der Waals surface area contributed by atoms with E-state index in [4.69, 9.17) is 4.74 Å². The number of benzene rings is 1. The van der Waals surface area contributed by atoms with Crippen molar-refractivity contribution in [3.8, 4) is 0 Å². The number of aliphatic hydroxyl groups is 1. The highest BCUT2D eigenvalue weighted by atomic mass is 16.5. The third-order valence-corrected chi connectivity index (χ3v) is 6.90. The Kier molecular flexibility index (Phi) is 3.92. The van der Waals surface area contributed by atoms with Crippen LogP contribution in [0.25, 0.3) is 0 Å². The van der Waals surface area contributed by atoms with Crippen molar-refractivity contribution in [2.45, 2.75) is 50.1 Å². The van der Waals surface area contributed by atoms with Gasteiger partial charge in [0.1, 0.15) is 0 Å². The molecule has 0 radical (unpaired) electrons. The van der Waals surface area contributed by atoms with Crippen LogP contribution >= 0.6 is 0 Å². The van der Waals surface area contributed by atoms with Crippen molar-refractivity contribution < 1.29 is 14.6 Å². The summed E-state index contributed by atoms with van der Waals surface area (Å²) in [4.78, 5) is 14.9. The predicted molar refractivity (Wildman–Crippen MR) is 91.7 cm³/mol. The van der Waals surface area contributed by atoms with E-state index in [0.29, 0.717) is 18.6 Å². The molecule has 2 saturated heterocycles. The number of esters is 1. The zero-order chi connectivity index (χ0) is 16.9. The lowest BCUT2D eigenvalue weighted by Gasteiger charge is -2.64. The van der Waals surface area contributed by atoms with Crippen LogP contribution in [0.3, 0.4) is 0 Å². The van der Waals surface area contributed by atoms with Gasteiger partial charge in [0.05, 0.1) is 12.5 Å². The zero-order valence-corrected chi connectivity index (χ0v) is 14.6. The van der Waals surface area contributed by atoms with Crippen LogP contribution in [0.4, 0.5) is 0 Å². The molecule has 4 aliphatic rings. The number of fused-ring (bicyclic) bond motifs is 2. The van der Waals surface area contributed by atoms with E-state index in [0.717, 1.165) is 25.7 Å². The molecule has 1 aromatic carbocycles. The number of rotatable bonds is 4. The van der Waals surface area contributed by atoms with E-state index in [9.17, 15) is 9.90 Å². The van der Waals surface area contributed by atoms with Gasteiger partial charge >= 0.3 is 5.97 Å². The van der Waals surface area contributed by atoms with Crippen molar-refractivity contribution in [2.75, 3.05) is 20.3 Å². The maximum atomic E-state index is 12.5. The summed E-state index contributed by atoms with van der Waals surface area (Å²) in [6.07, 6.45) is 3.69. The van der Waals surface area contributed by atoms with E-state index >= 15 is 0 Å². The maximum Gasteiger partial charge on any atom is 0.310 e. The van der Waals surface area contributed by atoms with Crippen molar-refractivity contribution in [3.05, 3.63) is 35.4 Å². The number of likely N-dealkylation sites (N-methyl/N-ethyl adjacent to an activating group) is 1. The normalized spacial score (nSPS) is 37.1. The summed E-state index contributed by atoms with van der Waals surface area (Å²) < 4.78 is 5.35. The standard InChI is InChI=1S/C20H27NO3/c1-3-24-19(23)14-11-16-17-10-13-6-4-5-7-15(13)20(16,8-9-22)12-18(14)21(17)2/h4-7,14,16-18,22H,3,8-12H2,1-2H3/t14?,16?,17?,18?,20-/m1/s1. The summed E-state index contributed by atoms with van der Waals surface area (Å²) in [5.41, 5.74) is 2.86. The number of hydrogen-bond acceptors (Lipinski definition) is 4. The van der Waals surface area contributed by atoms with Gasteiger partial charge in [0.2, 0.25) is 0 Å². The van der Waals surface area contributed by atoms with E-state index in [1.807, 2.05) is 6.92 Å². The predicted octanol–water partition coefficient (Wildman–Crippen LogP) is 2.13. The molecule has 4 bridgehead atoms. The van der Waals surface area contributed by atoms with Gasteiger partial charge in [-0.15, -0.1) is 0 Å². The fourth-order valence-corrected chi connectivity index (χ4v) is 5.94. The van der Waals surface area contributed by atoms with Gasteiger partial charge in [-0.3, -0.25) is 9.69 Å². The smallest absolute Gasteiger partial charge is 0.310 e. The topological polar surface area (TPSA) is 49.8 Å². The van der Waals surface area contributed by atoms with Crippen molar-refractivity contribution in [1.29, 1.82) is 0 Å². The van der Waals surface area contributed by atoms with Crippen molar-refractivity contribution in [3.63, 3.8) is 0 Å². The van der Waals surface area contributed by atoms with Crippen molar-refractivity contribution >= 4 is 5.97 Å². The molecule has 130 valence electrons. The van der Waals surface area contributed by atoms with E-state index < -0.39 is 0 Å². The molecule has 4 heteroatoms. The van der Waals surface area contributed by atoms with Crippen LogP contribution in [0, 0.1) is 11.8 Å². The molecule has 1 saturated carbocycles. The number of hydrogen-bond donors (Lipinski definition) is 1. The van der Waals surface area contributed by atoms with Gasteiger partial charge in [-0.05, 0) is 56.7 Å². The monoisotopic (exact) mass is 329 g/mol. The number of aliphatic hydroxyl groups excluding tert-OH is 1. The average molecular weight is 329 g/mol. The van der Waals surface area contributed by atoms with E-state index in [2.05, 4.69) is 36.2 Å². The molecule has 2 aliphatic heterocycles. The molecule has 4 nitrogen and oxygen atoms in total.